The number of nitrogens with zero attached hydrogens (tertiary/aromatic N) is 4. The lowest BCUT2D eigenvalue weighted by Crippen LogP contribution is -2.44. The molecule has 0 aliphatic heterocycles. The summed E-state index contributed by atoms with van der Waals surface area (Å²) in [6.07, 6.45) is 4.61. The number of carbonyl (C=O) groups excluding carboxylic acids is 2. The zero-order chi connectivity index (χ0) is 24.8. The van der Waals surface area contributed by atoms with Crippen molar-refractivity contribution < 1.29 is 9.59 Å². The Morgan fingerprint density at radius 3 is 2.59 bits per heavy atom. The van der Waals surface area contributed by atoms with Gasteiger partial charge in [-0.2, -0.15) is 10.2 Å². The monoisotopic (exact) mass is 505 g/mol. The highest BCUT2D eigenvalue weighted by Gasteiger charge is 2.24. The van der Waals surface area contributed by atoms with Gasteiger partial charge in [0.05, 0.1) is 23.3 Å². The predicted molar refractivity (Wildman–Crippen MR) is 133 cm³/mol. The number of anilines is 1. The third-order valence-corrected chi connectivity index (χ3v) is 5.93. The van der Waals surface area contributed by atoms with Crippen LogP contribution in [-0.2, 0) is 11.3 Å². The Hall–Kier alpha value is -2.91. The van der Waals surface area contributed by atoms with Gasteiger partial charge in [0.2, 0.25) is 5.91 Å². The van der Waals surface area contributed by atoms with Gasteiger partial charge in [-0.05, 0) is 64.7 Å². The fourth-order valence-electron chi connectivity index (χ4n) is 3.79. The molecule has 0 saturated heterocycles. The van der Waals surface area contributed by atoms with Crippen molar-refractivity contribution >= 4 is 40.7 Å². The molecule has 3 heterocycles. The summed E-state index contributed by atoms with van der Waals surface area (Å²) in [5.41, 5.74) is 5.35. The first-order chi connectivity index (χ1) is 16.2. The van der Waals surface area contributed by atoms with Crippen molar-refractivity contribution in [2.45, 2.75) is 64.4 Å². The van der Waals surface area contributed by atoms with Crippen LogP contribution in [0.5, 0.6) is 0 Å². The van der Waals surface area contributed by atoms with Gasteiger partial charge in [0.1, 0.15) is 16.6 Å². The molecule has 0 bridgehead atoms. The van der Waals surface area contributed by atoms with Gasteiger partial charge in [-0.25, -0.2) is 0 Å². The standard InChI is InChI=1S/C23H29Cl2N7O2/c1-5-32-18(9-10-27-32)23(34)29-17(7-6-8-19(24)25)22(33)28-16-11-13(2)21(26-12-16)20-14(3)30-31-15(20)4/h9-12,17,19H,5-8H2,1-4H3,(H,28,33)(H,29,34)(H,30,31)/t17-/m0/s1. The molecule has 1 atom stereocenters. The number of alkyl halides is 2. The summed E-state index contributed by atoms with van der Waals surface area (Å²) in [5, 5.41) is 17.0. The first-order valence-electron chi connectivity index (χ1n) is 11.1. The third-order valence-electron chi connectivity index (χ3n) is 5.50. The van der Waals surface area contributed by atoms with Gasteiger partial charge in [-0.3, -0.25) is 24.4 Å². The number of rotatable bonds is 10. The molecule has 0 fully saturated rings. The molecule has 0 aliphatic carbocycles. The van der Waals surface area contributed by atoms with Crippen LogP contribution in [0, 0.1) is 20.8 Å². The summed E-state index contributed by atoms with van der Waals surface area (Å²) < 4.78 is 1.57. The van der Waals surface area contributed by atoms with Gasteiger partial charge in [-0.15, -0.1) is 23.2 Å². The van der Waals surface area contributed by atoms with E-state index in [1.807, 2.05) is 33.8 Å². The van der Waals surface area contributed by atoms with Crippen molar-refractivity contribution in [3.8, 4) is 11.3 Å². The van der Waals surface area contributed by atoms with Crippen molar-refractivity contribution in [3.63, 3.8) is 0 Å². The average molecular weight is 506 g/mol. The Kier molecular flexibility index (Phi) is 8.68. The van der Waals surface area contributed by atoms with E-state index >= 15 is 0 Å². The highest BCUT2D eigenvalue weighted by atomic mass is 35.5. The molecule has 3 aromatic heterocycles. The maximum Gasteiger partial charge on any atom is 0.270 e. The number of halogens is 2. The smallest absolute Gasteiger partial charge is 0.270 e. The lowest BCUT2D eigenvalue weighted by Gasteiger charge is -2.19. The van der Waals surface area contributed by atoms with E-state index in [0.717, 1.165) is 28.2 Å². The number of hydrogen-bond donors (Lipinski definition) is 3. The molecule has 182 valence electrons. The summed E-state index contributed by atoms with van der Waals surface area (Å²) in [5.74, 6) is -0.718. The normalized spacial score (nSPS) is 12.1. The summed E-state index contributed by atoms with van der Waals surface area (Å²) in [6.45, 7) is 8.21. The Bertz CT molecular complexity index is 1140. The van der Waals surface area contributed by atoms with Crippen LogP contribution >= 0.6 is 23.2 Å². The molecule has 0 unspecified atom stereocenters. The van der Waals surface area contributed by atoms with E-state index < -0.39 is 10.9 Å². The van der Waals surface area contributed by atoms with Crippen LogP contribution in [0.1, 0.15) is 53.6 Å². The number of carbonyl (C=O) groups is 2. The fourth-order valence-corrected chi connectivity index (χ4v) is 4.10. The number of amides is 2. The molecule has 9 nitrogen and oxygen atoms in total. The van der Waals surface area contributed by atoms with Crippen LogP contribution in [-0.4, -0.2) is 47.7 Å². The molecular weight excluding hydrogens is 477 g/mol. The molecule has 0 saturated carbocycles. The van der Waals surface area contributed by atoms with Crippen molar-refractivity contribution in [3.05, 3.63) is 47.2 Å². The summed E-state index contributed by atoms with van der Waals surface area (Å²) >= 11 is 11.7. The number of nitrogens with one attached hydrogen (secondary N) is 3. The second-order valence-electron chi connectivity index (χ2n) is 8.07. The Morgan fingerprint density at radius 2 is 1.97 bits per heavy atom. The first kappa shape index (κ1) is 25.7. The summed E-state index contributed by atoms with van der Waals surface area (Å²) in [6, 6.07) is 2.69. The van der Waals surface area contributed by atoms with Crippen LogP contribution in [0.15, 0.2) is 24.5 Å². The molecule has 34 heavy (non-hydrogen) atoms. The van der Waals surface area contributed by atoms with Crippen molar-refractivity contribution in [2.75, 3.05) is 5.32 Å². The van der Waals surface area contributed by atoms with Gasteiger partial charge >= 0.3 is 0 Å². The van der Waals surface area contributed by atoms with Crippen LogP contribution in [0.25, 0.3) is 11.3 Å². The zero-order valence-corrected chi connectivity index (χ0v) is 21.2. The van der Waals surface area contributed by atoms with Crippen LogP contribution in [0.2, 0.25) is 0 Å². The number of aryl methyl sites for hydroxylation is 4. The molecule has 0 radical (unpaired) electrons. The highest BCUT2D eigenvalue weighted by Crippen LogP contribution is 2.28. The second kappa shape index (κ2) is 11.5. The van der Waals surface area contributed by atoms with Crippen molar-refractivity contribution in [1.29, 1.82) is 0 Å². The van der Waals surface area contributed by atoms with Gasteiger partial charge < -0.3 is 10.6 Å². The number of aromatic nitrogens is 5. The number of H-pyrrole nitrogens is 1. The zero-order valence-electron chi connectivity index (χ0n) is 19.7. The van der Waals surface area contributed by atoms with E-state index in [1.165, 1.54) is 0 Å². The quantitative estimate of drug-likeness (QED) is 0.354. The van der Waals surface area contributed by atoms with E-state index in [1.54, 1.807) is 23.1 Å². The molecular formula is C23H29Cl2N7O2. The maximum absolute atomic E-state index is 13.1. The SMILES string of the molecule is CCn1nccc1C(=O)N[C@@H](CCCC(Cl)Cl)C(=O)Nc1cnc(-c2c(C)n[nH]c2C)c(C)c1. The lowest BCUT2D eigenvalue weighted by atomic mass is 10.0. The van der Waals surface area contributed by atoms with Gasteiger partial charge in [-0.1, -0.05) is 0 Å². The topological polar surface area (TPSA) is 118 Å². The highest BCUT2D eigenvalue weighted by molar-refractivity contribution is 6.44. The first-order valence-corrected chi connectivity index (χ1v) is 12.0. The van der Waals surface area contributed by atoms with E-state index in [-0.39, 0.29) is 11.8 Å². The van der Waals surface area contributed by atoms with E-state index in [9.17, 15) is 9.59 Å². The molecule has 11 heteroatoms. The van der Waals surface area contributed by atoms with Crippen molar-refractivity contribution in [1.82, 2.24) is 30.3 Å². The maximum atomic E-state index is 13.1. The molecule has 0 aromatic carbocycles. The summed E-state index contributed by atoms with van der Waals surface area (Å²) in [4.78, 5) is 30.0. The molecule has 0 aliphatic rings. The molecule has 0 spiro atoms. The molecule has 3 aromatic rings. The minimum Gasteiger partial charge on any atom is -0.339 e. The fraction of sp³-hybridized carbons (Fsp3) is 0.435. The minimum absolute atomic E-state index is 0.346. The van der Waals surface area contributed by atoms with Gasteiger partial charge in [0.15, 0.2) is 0 Å². The second-order valence-corrected chi connectivity index (χ2v) is 9.35. The number of hydrogen-bond acceptors (Lipinski definition) is 5. The Morgan fingerprint density at radius 1 is 1.21 bits per heavy atom. The average Bonchev–Trinajstić information content (AvgIpc) is 3.39. The predicted octanol–water partition coefficient (Wildman–Crippen LogP) is 4.32. The van der Waals surface area contributed by atoms with E-state index in [0.29, 0.717) is 37.2 Å². The van der Waals surface area contributed by atoms with E-state index in [4.69, 9.17) is 23.2 Å². The molecule has 2 amide bonds. The van der Waals surface area contributed by atoms with Crippen LogP contribution in [0.4, 0.5) is 5.69 Å². The number of pyridine rings is 1. The van der Waals surface area contributed by atoms with Gasteiger partial charge in [0, 0.05) is 24.0 Å². The van der Waals surface area contributed by atoms with Gasteiger partial charge in [0.25, 0.3) is 5.91 Å². The third kappa shape index (κ3) is 6.15. The lowest BCUT2D eigenvalue weighted by molar-refractivity contribution is -0.118. The summed E-state index contributed by atoms with van der Waals surface area (Å²) in [7, 11) is 0. The van der Waals surface area contributed by atoms with Crippen LogP contribution in [0.3, 0.4) is 0 Å². The van der Waals surface area contributed by atoms with Crippen LogP contribution < -0.4 is 10.6 Å². The van der Waals surface area contributed by atoms with E-state index in [2.05, 4.69) is 30.9 Å². The number of aromatic amines is 1. The molecule has 3 rings (SSSR count). The largest absolute Gasteiger partial charge is 0.339 e. The van der Waals surface area contributed by atoms with Crippen molar-refractivity contribution in [2.24, 2.45) is 0 Å². The molecule has 3 N–H and O–H groups in total. The minimum atomic E-state index is -0.780. The Labute approximate surface area is 208 Å². The Balaban J connectivity index is 1.76.